The Hall–Kier alpha value is -2.84. The number of nitrogens with one attached hydrogen (secondary N) is 2. The Balaban J connectivity index is 1.15. The third-order valence-corrected chi connectivity index (χ3v) is 6.22. The molecule has 32 heavy (non-hydrogen) atoms. The molecule has 8 nitrogen and oxygen atoms in total. The van der Waals surface area contributed by atoms with E-state index in [1.807, 2.05) is 36.4 Å². The van der Waals surface area contributed by atoms with Crippen LogP contribution in [-0.2, 0) is 9.47 Å². The molecule has 1 saturated carbocycles. The van der Waals surface area contributed by atoms with Crippen LogP contribution in [0.1, 0.15) is 32.1 Å². The minimum atomic E-state index is -0.252. The predicted molar refractivity (Wildman–Crippen MR) is 117 cm³/mol. The third kappa shape index (κ3) is 4.97. The smallest absolute Gasteiger partial charge is 0.315 e. The molecule has 2 aromatic rings. The van der Waals surface area contributed by atoms with Crippen LogP contribution in [0, 0.1) is 0 Å². The van der Waals surface area contributed by atoms with Crippen molar-refractivity contribution in [2.24, 2.45) is 0 Å². The van der Waals surface area contributed by atoms with Gasteiger partial charge in [-0.1, -0.05) is 31.4 Å². The zero-order chi connectivity index (χ0) is 21.8. The maximum Gasteiger partial charge on any atom is 0.315 e. The number of ether oxygens (including phenoxy) is 4. The van der Waals surface area contributed by atoms with E-state index in [2.05, 4.69) is 15.6 Å². The molecule has 3 fully saturated rings. The van der Waals surface area contributed by atoms with Crippen molar-refractivity contribution < 1.29 is 23.7 Å². The first-order chi connectivity index (χ1) is 15.7. The molecule has 3 aliphatic rings. The van der Waals surface area contributed by atoms with Crippen LogP contribution in [0.2, 0.25) is 0 Å². The zero-order valence-electron chi connectivity index (χ0n) is 17.9. The van der Waals surface area contributed by atoms with Crippen molar-refractivity contribution in [1.82, 2.24) is 15.6 Å². The Kier molecular flexibility index (Phi) is 6.41. The summed E-state index contributed by atoms with van der Waals surface area (Å²) < 4.78 is 23.9. The summed E-state index contributed by atoms with van der Waals surface area (Å²) in [4.78, 5) is 16.6. The van der Waals surface area contributed by atoms with E-state index in [9.17, 15) is 4.79 Å². The van der Waals surface area contributed by atoms with Gasteiger partial charge in [0.05, 0.1) is 19.3 Å². The molecule has 3 heterocycles. The summed E-state index contributed by atoms with van der Waals surface area (Å²) in [7, 11) is 0. The average molecular weight is 440 g/mol. The van der Waals surface area contributed by atoms with Crippen LogP contribution < -0.4 is 20.1 Å². The molecule has 0 radical (unpaired) electrons. The summed E-state index contributed by atoms with van der Waals surface area (Å²) in [6, 6.07) is 12.9. The number of carbonyl (C=O) groups is 1. The Labute approximate surface area is 187 Å². The van der Waals surface area contributed by atoms with Crippen molar-refractivity contribution in [1.29, 1.82) is 0 Å². The first-order valence-corrected chi connectivity index (χ1v) is 11.4. The number of nitrogens with zero attached hydrogens (tertiary/aromatic N) is 1. The van der Waals surface area contributed by atoms with Crippen LogP contribution in [0.4, 0.5) is 4.79 Å². The minimum Gasteiger partial charge on any atom is -0.485 e. The Bertz CT molecular complexity index is 906. The molecule has 2 saturated heterocycles. The summed E-state index contributed by atoms with van der Waals surface area (Å²) in [6.45, 7) is 0.819. The van der Waals surface area contributed by atoms with Crippen molar-refractivity contribution in [3.05, 3.63) is 48.7 Å². The largest absolute Gasteiger partial charge is 0.485 e. The highest BCUT2D eigenvalue weighted by atomic mass is 16.6. The summed E-state index contributed by atoms with van der Waals surface area (Å²) in [6.07, 6.45) is 6.71. The molecule has 2 N–H and O–H groups in total. The fourth-order valence-corrected chi connectivity index (χ4v) is 4.65. The molecule has 4 atom stereocenters. The van der Waals surface area contributed by atoms with Gasteiger partial charge < -0.3 is 29.6 Å². The van der Waals surface area contributed by atoms with E-state index in [0.29, 0.717) is 30.6 Å². The zero-order valence-corrected chi connectivity index (χ0v) is 17.9. The molecule has 2 aliphatic heterocycles. The number of amides is 2. The lowest BCUT2D eigenvalue weighted by Gasteiger charge is -2.24. The van der Waals surface area contributed by atoms with E-state index in [-0.39, 0.29) is 36.4 Å². The second-order valence-electron chi connectivity index (χ2n) is 8.56. The predicted octanol–water partition coefficient (Wildman–Crippen LogP) is 3.42. The summed E-state index contributed by atoms with van der Waals surface area (Å²) in [5.74, 6) is 1.83. The molecule has 1 aromatic carbocycles. The van der Waals surface area contributed by atoms with Crippen LogP contribution >= 0.6 is 0 Å². The van der Waals surface area contributed by atoms with E-state index in [1.54, 1.807) is 12.3 Å². The summed E-state index contributed by atoms with van der Waals surface area (Å²) >= 11 is 0. The van der Waals surface area contributed by atoms with E-state index >= 15 is 0 Å². The molecule has 5 rings (SSSR count). The molecule has 0 bridgehead atoms. The SMILES string of the molecule is O=C(NC1CCCCC1)N[C@H]1CO[C@H]2[C@@H]1OC[C@@H]2Oc1cccc(Oc2ccccn2)c1. The molecule has 170 valence electrons. The van der Waals surface area contributed by atoms with E-state index in [1.165, 1.54) is 19.3 Å². The molecule has 1 aromatic heterocycles. The van der Waals surface area contributed by atoms with Gasteiger partial charge in [-0.3, -0.25) is 0 Å². The number of pyridine rings is 1. The molecule has 1 aliphatic carbocycles. The lowest BCUT2D eigenvalue weighted by molar-refractivity contribution is 0.0303. The van der Waals surface area contributed by atoms with E-state index in [0.717, 1.165) is 12.8 Å². The van der Waals surface area contributed by atoms with E-state index in [4.69, 9.17) is 18.9 Å². The van der Waals surface area contributed by atoms with Gasteiger partial charge >= 0.3 is 6.03 Å². The number of hydrogen-bond donors (Lipinski definition) is 2. The van der Waals surface area contributed by atoms with Crippen LogP contribution in [0.25, 0.3) is 0 Å². The van der Waals surface area contributed by atoms with Crippen LogP contribution in [0.5, 0.6) is 17.4 Å². The number of urea groups is 1. The normalized spacial score (nSPS) is 27.5. The van der Waals surface area contributed by atoms with Gasteiger partial charge in [-0.05, 0) is 31.0 Å². The lowest BCUT2D eigenvalue weighted by Crippen LogP contribution is -2.51. The van der Waals surface area contributed by atoms with Gasteiger partial charge in [0.2, 0.25) is 5.88 Å². The molecule has 0 unspecified atom stereocenters. The van der Waals surface area contributed by atoms with Crippen LogP contribution in [-0.4, -0.2) is 54.6 Å². The van der Waals surface area contributed by atoms with Crippen LogP contribution in [0.3, 0.4) is 0 Å². The third-order valence-electron chi connectivity index (χ3n) is 6.22. The highest BCUT2D eigenvalue weighted by Crippen LogP contribution is 2.31. The first kappa shape index (κ1) is 21.0. The second kappa shape index (κ2) is 9.75. The fourth-order valence-electron chi connectivity index (χ4n) is 4.65. The maximum atomic E-state index is 12.4. The van der Waals surface area contributed by atoms with Gasteiger partial charge in [0.15, 0.2) is 6.10 Å². The maximum absolute atomic E-state index is 12.4. The number of rotatable bonds is 6. The number of benzene rings is 1. The Morgan fingerprint density at radius 3 is 2.62 bits per heavy atom. The highest BCUT2D eigenvalue weighted by molar-refractivity contribution is 5.74. The van der Waals surface area contributed by atoms with Gasteiger partial charge in [-0.25, -0.2) is 9.78 Å². The average Bonchev–Trinajstić information content (AvgIpc) is 3.39. The van der Waals surface area contributed by atoms with Gasteiger partial charge in [0.1, 0.15) is 23.7 Å². The summed E-state index contributed by atoms with van der Waals surface area (Å²) in [5.41, 5.74) is 0. The quantitative estimate of drug-likeness (QED) is 0.717. The standard InChI is InChI=1S/C24H29N3O5/c28-24(26-16-7-2-1-3-8-16)27-19-14-29-23-20(15-30-22(19)23)31-17-9-6-10-18(13-17)32-21-11-4-5-12-25-21/h4-6,9-13,16,19-20,22-23H,1-3,7-8,14-15H2,(H2,26,27,28)/t19-,20-,22+,23+/m0/s1. The Morgan fingerprint density at radius 2 is 1.78 bits per heavy atom. The molecule has 2 amide bonds. The van der Waals surface area contributed by atoms with Gasteiger partial charge in [-0.2, -0.15) is 0 Å². The number of aromatic nitrogens is 1. The highest BCUT2D eigenvalue weighted by Gasteiger charge is 2.49. The van der Waals surface area contributed by atoms with Gasteiger partial charge in [0.25, 0.3) is 0 Å². The van der Waals surface area contributed by atoms with Crippen molar-refractivity contribution in [2.75, 3.05) is 13.2 Å². The molecular weight excluding hydrogens is 410 g/mol. The van der Waals surface area contributed by atoms with Crippen molar-refractivity contribution >= 4 is 6.03 Å². The number of fused-ring (bicyclic) bond motifs is 1. The number of hydrogen-bond acceptors (Lipinski definition) is 6. The lowest BCUT2D eigenvalue weighted by atomic mass is 9.96. The van der Waals surface area contributed by atoms with Gasteiger partial charge in [0, 0.05) is 24.4 Å². The topological polar surface area (TPSA) is 90.9 Å². The molecule has 0 spiro atoms. The second-order valence-corrected chi connectivity index (χ2v) is 8.56. The van der Waals surface area contributed by atoms with Crippen molar-refractivity contribution in [3.8, 4) is 17.4 Å². The Morgan fingerprint density at radius 1 is 0.938 bits per heavy atom. The van der Waals surface area contributed by atoms with Crippen molar-refractivity contribution in [3.63, 3.8) is 0 Å². The van der Waals surface area contributed by atoms with Gasteiger partial charge in [-0.15, -0.1) is 0 Å². The fraction of sp³-hybridized carbons (Fsp3) is 0.500. The summed E-state index contributed by atoms with van der Waals surface area (Å²) in [5, 5.41) is 6.13. The first-order valence-electron chi connectivity index (χ1n) is 11.4. The number of carbonyl (C=O) groups excluding carboxylic acids is 1. The minimum absolute atomic E-state index is 0.140. The molecule has 8 heteroatoms. The monoisotopic (exact) mass is 439 g/mol. The van der Waals surface area contributed by atoms with Crippen LogP contribution in [0.15, 0.2) is 48.7 Å². The van der Waals surface area contributed by atoms with Crippen molar-refractivity contribution in [2.45, 2.75) is 62.5 Å². The molecular formula is C24H29N3O5. The van der Waals surface area contributed by atoms with E-state index < -0.39 is 0 Å².